The molecule has 0 aliphatic rings. The molecule has 0 aromatic rings. The zero-order valence-electron chi connectivity index (χ0n) is 7.31. The number of nitrogens with zero attached hydrogens (tertiary/aromatic N) is 2. The van der Waals surface area contributed by atoms with Crippen LogP contribution in [0.15, 0.2) is 0 Å². The largest absolute Gasteiger partial charge is 1.00 e. The van der Waals surface area contributed by atoms with Crippen LogP contribution in [0.2, 0.25) is 0 Å². The molecule has 0 aliphatic heterocycles. The van der Waals surface area contributed by atoms with Gasteiger partial charge in [-0.3, -0.25) is 0 Å². The Bertz CT molecular complexity index is 42.5. The average molecular weight is 356 g/mol. The Labute approximate surface area is 192 Å². The van der Waals surface area contributed by atoms with E-state index in [1.165, 1.54) is 0 Å². The van der Waals surface area contributed by atoms with E-state index in [1.807, 2.05) is 0 Å². The van der Waals surface area contributed by atoms with Crippen molar-refractivity contribution in [3.63, 3.8) is 0 Å². The average Bonchev–Trinajstić information content (AvgIpc) is 1.50. The molecule has 0 saturated carbocycles. The van der Waals surface area contributed by atoms with Gasteiger partial charge in [0.2, 0.25) is 0 Å². The van der Waals surface area contributed by atoms with E-state index < -0.39 is 0 Å². The Hall–Kier alpha value is 4.33. The van der Waals surface area contributed by atoms with Gasteiger partial charge in [-0.25, -0.2) is 0 Å². The van der Waals surface area contributed by atoms with Crippen molar-refractivity contribution in [2.75, 3.05) is 0 Å². The molecule has 0 unspecified atom stereocenters. The van der Waals surface area contributed by atoms with E-state index in [1.54, 1.807) is 0 Å². The molecule has 0 spiro atoms. The van der Waals surface area contributed by atoms with Crippen LogP contribution in [0.4, 0.5) is 0 Å². The van der Waals surface area contributed by atoms with Gasteiger partial charge in [0, 0.05) is 68.3 Å². The van der Waals surface area contributed by atoms with Crippen LogP contribution < -0.4 is 103 Å². The molecule has 0 heterocycles. The van der Waals surface area contributed by atoms with Crippen LogP contribution >= 0.6 is 0 Å². The summed E-state index contributed by atoms with van der Waals surface area (Å²) in [6, 6.07) is 0. The van der Waals surface area contributed by atoms with Crippen LogP contribution in [-0.4, -0.2) is 0 Å². The molecule has 56 valence electrons. The Morgan fingerprint density at radius 2 is 0.600 bits per heavy atom. The zero-order chi connectivity index (χ0) is 4.00. The van der Waals surface area contributed by atoms with E-state index in [-0.39, 0.29) is 174 Å². The second-order valence-corrected chi connectivity index (χ2v) is 0. The summed E-state index contributed by atoms with van der Waals surface area (Å²) < 4.78 is 0. The molecule has 0 aromatic carbocycles. The van der Waals surface area contributed by atoms with Crippen LogP contribution in [0.3, 0.4) is 0 Å². The van der Waals surface area contributed by atoms with Crippen molar-refractivity contribution in [2.24, 2.45) is 0 Å². The molecular formula is C2H2Fe4K2N2-2. The first-order chi connectivity index (χ1) is 2.00. The fourth-order valence-electron chi connectivity index (χ4n) is 0. The van der Waals surface area contributed by atoms with Crippen molar-refractivity contribution < 1.29 is 174 Å². The number of hydrogen-bond acceptors (Lipinski definition) is 2. The Morgan fingerprint density at radius 3 is 0.600 bits per heavy atom. The molecule has 0 radical (unpaired) electrons. The minimum Gasteiger partial charge on any atom is -1.00 e. The zero-order valence-corrected chi connectivity index (χ0v) is 16.0. The van der Waals surface area contributed by atoms with Crippen molar-refractivity contribution in [3.05, 3.63) is 13.1 Å². The summed E-state index contributed by atoms with van der Waals surface area (Å²) in [7, 11) is 0. The molecule has 0 N–H and O–H groups in total. The minimum atomic E-state index is 0. The van der Waals surface area contributed by atoms with Gasteiger partial charge >= 0.3 is 103 Å². The van der Waals surface area contributed by atoms with Gasteiger partial charge in [-0.1, -0.05) is 0 Å². The van der Waals surface area contributed by atoms with Crippen molar-refractivity contribution in [1.82, 2.24) is 0 Å². The summed E-state index contributed by atoms with van der Waals surface area (Å²) in [4.78, 5) is 0. The molecule has 8 heteroatoms. The smallest absolute Gasteiger partial charge is 1.00 e. The Balaban J connectivity index is -0.000000000500. The van der Waals surface area contributed by atoms with Gasteiger partial charge in [-0.15, -0.1) is 0 Å². The summed E-state index contributed by atoms with van der Waals surface area (Å²) in [6.45, 7) is 9.50. The maximum absolute atomic E-state index is 6.25. The topological polar surface area (TPSA) is 47.6 Å². The Kier molecular flexibility index (Phi) is 687. The maximum Gasteiger partial charge on any atom is 1.00 e. The standard InChI is InChI=1S/2CN.4Fe.2K.2H/c2*1-2;;;;;;;;/q2*-1;;;;;2*+1;2*-1. The van der Waals surface area contributed by atoms with E-state index >= 15 is 0 Å². The SMILES string of the molecule is [C-]#N.[C-]#N.[Fe].[Fe].[Fe].[Fe].[H-].[H-].[K+].[K+]. The van der Waals surface area contributed by atoms with Gasteiger partial charge in [0.15, 0.2) is 0 Å². The van der Waals surface area contributed by atoms with Crippen LogP contribution in [0.25, 0.3) is 0 Å². The predicted octanol–water partition coefficient (Wildman–Crippen LogP) is -5.58. The molecule has 0 saturated heterocycles. The summed E-state index contributed by atoms with van der Waals surface area (Å²) in [5, 5.41) is 12.5. The monoisotopic (exact) mass is 356 g/mol. The fraction of sp³-hybridized carbons (Fsp3) is 0. The first-order valence-electron chi connectivity index (χ1n) is 0.447. The molecule has 0 aromatic heterocycles. The third-order valence-corrected chi connectivity index (χ3v) is 0. The van der Waals surface area contributed by atoms with Gasteiger partial charge in [-0.2, -0.15) is 0 Å². The van der Waals surface area contributed by atoms with Crippen molar-refractivity contribution in [2.45, 2.75) is 0 Å². The quantitative estimate of drug-likeness (QED) is 0.321. The normalized spacial score (nSPS) is 0.400. The molecule has 0 amide bonds. The van der Waals surface area contributed by atoms with Gasteiger partial charge in [0.1, 0.15) is 0 Å². The predicted molar refractivity (Wildman–Crippen MR) is 12.2 cm³/mol. The van der Waals surface area contributed by atoms with Gasteiger partial charge < -0.3 is 26.5 Å². The van der Waals surface area contributed by atoms with Crippen LogP contribution in [0.1, 0.15) is 2.85 Å². The van der Waals surface area contributed by atoms with E-state index in [2.05, 4.69) is 0 Å². The summed E-state index contributed by atoms with van der Waals surface area (Å²) in [6.07, 6.45) is 0. The van der Waals surface area contributed by atoms with Crippen LogP contribution in [-0.2, 0) is 68.3 Å². The second-order valence-electron chi connectivity index (χ2n) is 0. The number of rotatable bonds is 0. The van der Waals surface area contributed by atoms with Gasteiger partial charge in [0.25, 0.3) is 0 Å². The molecule has 0 bridgehead atoms. The number of hydrogen-bond donors (Lipinski definition) is 0. The first kappa shape index (κ1) is 63.5. The molecule has 2 nitrogen and oxygen atoms in total. The molecule has 0 aliphatic carbocycles. The van der Waals surface area contributed by atoms with E-state index in [4.69, 9.17) is 23.7 Å². The molecular weight excluding hydrogens is 354 g/mol. The summed E-state index contributed by atoms with van der Waals surface area (Å²) in [5.74, 6) is 0. The van der Waals surface area contributed by atoms with Crippen molar-refractivity contribution in [1.29, 1.82) is 10.5 Å². The third-order valence-electron chi connectivity index (χ3n) is 0. The van der Waals surface area contributed by atoms with E-state index in [0.717, 1.165) is 0 Å². The third kappa shape index (κ3) is 84.4. The van der Waals surface area contributed by atoms with Crippen LogP contribution in [0.5, 0.6) is 0 Å². The van der Waals surface area contributed by atoms with Crippen molar-refractivity contribution in [3.8, 4) is 0 Å². The summed E-state index contributed by atoms with van der Waals surface area (Å²) in [5.41, 5.74) is 0. The van der Waals surface area contributed by atoms with Crippen LogP contribution in [0, 0.1) is 23.7 Å². The summed E-state index contributed by atoms with van der Waals surface area (Å²) >= 11 is 0. The van der Waals surface area contributed by atoms with Crippen molar-refractivity contribution >= 4 is 0 Å². The minimum absolute atomic E-state index is 0. The molecule has 0 rings (SSSR count). The van der Waals surface area contributed by atoms with Gasteiger partial charge in [-0.05, 0) is 0 Å². The molecule has 10 heavy (non-hydrogen) atoms. The Morgan fingerprint density at radius 1 is 0.600 bits per heavy atom. The molecule has 0 fully saturated rings. The fourth-order valence-corrected chi connectivity index (χ4v) is 0. The maximum atomic E-state index is 6.25. The first-order valence-corrected chi connectivity index (χ1v) is 0.447. The van der Waals surface area contributed by atoms with Gasteiger partial charge in [0.05, 0.1) is 0 Å². The molecule has 0 atom stereocenters. The van der Waals surface area contributed by atoms with E-state index in [9.17, 15) is 0 Å². The second kappa shape index (κ2) is 108. The van der Waals surface area contributed by atoms with E-state index in [0.29, 0.717) is 0 Å².